The highest BCUT2D eigenvalue weighted by molar-refractivity contribution is 14.0. The predicted octanol–water partition coefficient (Wildman–Crippen LogP) is 0.628. The zero-order valence-electron chi connectivity index (χ0n) is 13.9. The van der Waals surface area contributed by atoms with Crippen LogP contribution in [0.5, 0.6) is 0 Å². The third kappa shape index (κ3) is 5.59. The lowest BCUT2D eigenvalue weighted by atomic mass is 10.3. The minimum atomic E-state index is 0. The molecule has 0 bridgehead atoms. The van der Waals surface area contributed by atoms with Gasteiger partial charge in [0.1, 0.15) is 6.54 Å². The van der Waals surface area contributed by atoms with Crippen molar-refractivity contribution in [2.45, 2.75) is 0 Å². The van der Waals surface area contributed by atoms with Gasteiger partial charge in [-0.25, -0.2) is 0 Å². The normalized spacial score (nSPS) is 15.0. The Balaban J connectivity index is 0.00000288. The zero-order chi connectivity index (χ0) is 16.7. The number of carbonyl (C=O) groups is 1. The molecule has 1 aromatic rings. The van der Waals surface area contributed by atoms with Crippen molar-refractivity contribution < 1.29 is 4.79 Å². The van der Waals surface area contributed by atoms with Gasteiger partial charge in [-0.15, -0.1) is 42.2 Å². The molecular weight excluding hydrogens is 439 g/mol. The van der Waals surface area contributed by atoms with Gasteiger partial charge >= 0.3 is 0 Å². The molecule has 1 aromatic heterocycles. The number of nitrogens with zero attached hydrogens (tertiary/aromatic N) is 5. The number of hydrogen-bond acceptors (Lipinski definition) is 4. The molecule has 0 saturated carbocycles. The van der Waals surface area contributed by atoms with E-state index in [9.17, 15) is 4.79 Å². The molecule has 1 amide bonds. The third-order valence-electron chi connectivity index (χ3n) is 3.45. The number of carbonyl (C=O) groups excluding carboxylic acids is 1. The summed E-state index contributed by atoms with van der Waals surface area (Å²) in [7, 11) is 3.57. The molecule has 0 aromatic carbocycles. The highest BCUT2D eigenvalue weighted by atomic mass is 127. The van der Waals surface area contributed by atoms with E-state index in [-0.39, 0.29) is 29.9 Å². The fourth-order valence-electron chi connectivity index (χ4n) is 2.37. The molecule has 0 aliphatic carbocycles. The highest BCUT2D eigenvalue weighted by Crippen LogP contribution is 2.15. The van der Waals surface area contributed by atoms with Gasteiger partial charge < -0.3 is 15.1 Å². The van der Waals surface area contributed by atoms with Crippen molar-refractivity contribution in [3.63, 3.8) is 0 Å². The summed E-state index contributed by atoms with van der Waals surface area (Å²) in [5.74, 6) is 5.02. The van der Waals surface area contributed by atoms with Crippen LogP contribution in [0.15, 0.2) is 17.4 Å². The topological polar surface area (TPSA) is 65.8 Å². The van der Waals surface area contributed by atoms with E-state index in [1.165, 1.54) is 0 Å². The van der Waals surface area contributed by atoms with Crippen LogP contribution in [0.2, 0.25) is 0 Å². The number of piperazine rings is 1. The summed E-state index contributed by atoms with van der Waals surface area (Å²) in [6, 6.07) is 0. The van der Waals surface area contributed by atoms with Gasteiger partial charge in [-0.3, -0.25) is 14.5 Å². The Bertz CT molecular complexity index is 611. The molecule has 1 N–H and O–H groups in total. The SMILES string of the molecule is C#CCSCCNC(=NC)N1CCN(c2cnn(C)c2)C(=O)C1.I. The fourth-order valence-corrected chi connectivity index (χ4v) is 2.88. The van der Waals surface area contributed by atoms with Crippen LogP contribution in [0, 0.1) is 12.3 Å². The Morgan fingerprint density at radius 3 is 2.92 bits per heavy atom. The summed E-state index contributed by atoms with van der Waals surface area (Å²) in [6.07, 6.45) is 8.78. The van der Waals surface area contributed by atoms with Gasteiger partial charge in [0, 0.05) is 45.7 Å². The molecule has 0 spiro atoms. The van der Waals surface area contributed by atoms with E-state index in [4.69, 9.17) is 6.42 Å². The lowest BCUT2D eigenvalue weighted by molar-refractivity contribution is -0.120. The molecule has 0 atom stereocenters. The highest BCUT2D eigenvalue weighted by Gasteiger charge is 2.27. The third-order valence-corrected chi connectivity index (χ3v) is 4.31. The van der Waals surface area contributed by atoms with Crippen LogP contribution in [-0.4, -0.2) is 71.3 Å². The second-order valence-electron chi connectivity index (χ2n) is 5.07. The maximum atomic E-state index is 12.4. The smallest absolute Gasteiger partial charge is 0.246 e. The number of aliphatic imine (C=N–C) groups is 1. The van der Waals surface area contributed by atoms with Gasteiger partial charge in [-0.05, 0) is 0 Å². The number of rotatable bonds is 5. The van der Waals surface area contributed by atoms with Crippen LogP contribution < -0.4 is 10.2 Å². The van der Waals surface area contributed by atoms with Crippen LogP contribution in [0.25, 0.3) is 0 Å². The van der Waals surface area contributed by atoms with E-state index < -0.39 is 0 Å². The zero-order valence-corrected chi connectivity index (χ0v) is 17.1. The van der Waals surface area contributed by atoms with E-state index in [0.29, 0.717) is 18.8 Å². The number of aryl methyl sites for hydroxylation is 1. The number of hydrogen-bond donors (Lipinski definition) is 1. The molecule has 2 rings (SSSR count). The Labute approximate surface area is 164 Å². The van der Waals surface area contributed by atoms with E-state index in [2.05, 4.69) is 21.3 Å². The van der Waals surface area contributed by atoms with Crippen molar-refractivity contribution >= 4 is 53.3 Å². The molecule has 2 heterocycles. The summed E-state index contributed by atoms with van der Waals surface area (Å²) >= 11 is 1.70. The van der Waals surface area contributed by atoms with E-state index in [0.717, 1.165) is 30.5 Å². The first-order valence-electron chi connectivity index (χ1n) is 7.41. The molecule has 7 nitrogen and oxygen atoms in total. The van der Waals surface area contributed by atoms with Crippen LogP contribution in [-0.2, 0) is 11.8 Å². The molecule has 1 aliphatic heterocycles. The minimum absolute atomic E-state index is 0. The number of anilines is 1. The number of nitrogens with one attached hydrogen (secondary N) is 1. The fraction of sp³-hybridized carbons (Fsp3) is 0.533. The quantitative estimate of drug-likeness (QED) is 0.229. The van der Waals surface area contributed by atoms with Crippen LogP contribution in [0.3, 0.4) is 0 Å². The molecule has 132 valence electrons. The van der Waals surface area contributed by atoms with Gasteiger partial charge in [-0.1, -0.05) is 5.92 Å². The standard InChI is InChI=1S/C15H22N6OS.HI/c1-4-8-23-9-5-17-15(16-2)20-6-7-21(14(22)12-20)13-10-18-19(3)11-13;/h1,10-11H,5-9,12H2,2-3H3,(H,16,17);1H. The Morgan fingerprint density at radius 2 is 2.33 bits per heavy atom. The number of aromatic nitrogens is 2. The van der Waals surface area contributed by atoms with Gasteiger partial charge in [0.05, 0.1) is 17.6 Å². The first kappa shape index (κ1) is 20.6. The van der Waals surface area contributed by atoms with Crippen LogP contribution in [0.1, 0.15) is 0 Å². The van der Waals surface area contributed by atoms with Gasteiger partial charge in [0.15, 0.2) is 5.96 Å². The molecule has 1 aliphatic rings. The summed E-state index contributed by atoms with van der Waals surface area (Å²) in [6.45, 7) is 2.44. The van der Waals surface area contributed by atoms with E-state index in [1.54, 1.807) is 34.6 Å². The largest absolute Gasteiger partial charge is 0.355 e. The van der Waals surface area contributed by atoms with Gasteiger partial charge in [0.25, 0.3) is 0 Å². The molecule has 24 heavy (non-hydrogen) atoms. The number of amides is 1. The number of guanidine groups is 1. The molecule has 9 heteroatoms. The lowest BCUT2D eigenvalue weighted by Gasteiger charge is -2.35. The molecular formula is C15H23IN6OS. The molecule has 1 saturated heterocycles. The van der Waals surface area contributed by atoms with Crippen molar-refractivity contribution in [2.24, 2.45) is 12.0 Å². The van der Waals surface area contributed by atoms with Crippen molar-refractivity contribution in [2.75, 3.05) is 49.6 Å². The lowest BCUT2D eigenvalue weighted by Crippen LogP contribution is -2.55. The summed E-state index contributed by atoms with van der Waals surface area (Å²) in [4.78, 5) is 20.4. The minimum Gasteiger partial charge on any atom is -0.355 e. The average Bonchev–Trinajstić information content (AvgIpc) is 2.97. The monoisotopic (exact) mass is 462 g/mol. The predicted molar refractivity (Wildman–Crippen MR) is 110 cm³/mol. The van der Waals surface area contributed by atoms with Crippen molar-refractivity contribution in [3.05, 3.63) is 12.4 Å². The average molecular weight is 462 g/mol. The molecule has 0 unspecified atom stereocenters. The summed E-state index contributed by atoms with van der Waals surface area (Å²) < 4.78 is 1.70. The van der Waals surface area contributed by atoms with Gasteiger partial charge in [0.2, 0.25) is 5.91 Å². The maximum Gasteiger partial charge on any atom is 0.246 e. The Morgan fingerprint density at radius 1 is 1.54 bits per heavy atom. The van der Waals surface area contributed by atoms with Crippen LogP contribution >= 0.6 is 35.7 Å². The first-order chi connectivity index (χ1) is 11.2. The van der Waals surface area contributed by atoms with Gasteiger partial charge in [-0.2, -0.15) is 5.10 Å². The van der Waals surface area contributed by atoms with Crippen molar-refractivity contribution in [3.8, 4) is 12.3 Å². The van der Waals surface area contributed by atoms with E-state index >= 15 is 0 Å². The first-order valence-corrected chi connectivity index (χ1v) is 8.57. The Kier molecular flexibility index (Phi) is 8.99. The summed E-state index contributed by atoms with van der Waals surface area (Å²) in [5.41, 5.74) is 0.839. The Hall–Kier alpha value is -1.41. The molecule has 0 radical (unpaired) electrons. The molecule has 1 fully saturated rings. The summed E-state index contributed by atoms with van der Waals surface area (Å²) in [5, 5.41) is 7.39. The van der Waals surface area contributed by atoms with E-state index in [1.807, 2.05) is 18.1 Å². The number of thioether (sulfide) groups is 1. The van der Waals surface area contributed by atoms with Crippen LogP contribution in [0.4, 0.5) is 5.69 Å². The maximum absolute atomic E-state index is 12.4. The second-order valence-corrected chi connectivity index (χ2v) is 6.18. The second kappa shape index (κ2) is 10.5. The van der Waals surface area contributed by atoms with Crippen molar-refractivity contribution in [1.29, 1.82) is 0 Å². The number of halogens is 1. The number of terminal acetylenes is 1. The van der Waals surface area contributed by atoms with Crippen molar-refractivity contribution in [1.82, 2.24) is 20.0 Å².